The Morgan fingerprint density at radius 2 is 1.76 bits per heavy atom. The second-order valence-corrected chi connectivity index (χ2v) is 10.6. The molecule has 138 valence electrons. The lowest BCUT2D eigenvalue weighted by Crippen LogP contribution is -2.24. The zero-order chi connectivity index (χ0) is 17.9. The smallest absolute Gasteiger partial charge is 0.219 e. The van der Waals surface area contributed by atoms with Crippen molar-refractivity contribution in [3.63, 3.8) is 0 Å². The number of unbranched alkanes of at least 4 members (excludes halogenated alkanes) is 2. The van der Waals surface area contributed by atoms with Gasteiger partial charge in [-0.05, 0) is 55.5 Å². The number of thiol groups is 1. The summed E-state index contributed by atoms with van der Waals surface area (Å²) >= 11 is 11.6. The minimum atomic E-state index is 0.185. The van der Waals surface area contributed by atoms with Crippen LogP contribution in [0.15, 0.2) is 32.7 Å². The maximum Gasteiger partial charge on any atom is 0.219 e. The molecule has 0 aliphatic carbocycles. The van der Waals surface area contributed by atoms with Gasteiger partial charge >= 0.3 is 0 Å². The molecule has 0 fully saturated rings. The van der Waals surface area contributed by atoms with E-state index in [-0.39, 0.29) is 5.91 Å². The summed E-state index contributed by atoms with van der Waals surface area (Å²) in [7, 11) is 0. The Kier molecular flexibility index (Phi) is 10.5. The fourth-order valence-electron chi connectivity index (χ4n) is 2.23. The number of hydrogen-bond donors (Lipinski definition) is 2. The highest BCUT2D eigenvalue weighted by atomic mass is 32.2. The first-order chi connectivity index (χ1) is 12.2. The summed E-state index contributed by atoms with van der Waals surface area (Å²) in [4.78, 5) is 14.4. The van der Waals surface area contributed by atoms with Crippen molar-refractivity contribution in [1.82, 2.24) is 5.32 Å². The molecule has 0 spiro atoms. The lowest BCUT2D eigenvalue weighted by Gasteiger charge is -2.04. The van der Waals surface area contributed by atoms with Gasteiger partial charge in [0.1, 0.15) is 0 Å². The first kappa shape index (κ1) is 21.2. The van der Waals surface area contributed by atoms with Crippen molar-refractivity contribution in [3.8, 4) is 9.75 Å². The van der Waals surface area contributed by atoms with Crippen LogP contribution in [0.3, 0.4) is 0 Å². The van der Waals surface area contributed by atoms with Crippen molar-refractivity contribution in [1.29, 1.82) is 0 Å². The normalized spacial score (nSPS) is 11.0. The second-order valence-electron chi connectivity index (χ2n) is 5.53. The Balaban J connectivity index is 1.60. The van der Waals surface area contributed by atoms with Crippen LogP contribution in [0, 0.1) is 0 Å². The quantitative estimate of drug-likeness (QED) is 0.235. The summed E-state index contributed by atoms with van der Waals surface area (Å²) in [5, 5.41) is 3.02. The van der Waals surface area contributed by atoms with Crippen molar-refractivity contribution in [3.05, 3.63) is 24.3 Å². The molecular formula is C18H25NOS5. The van der Waals surface area contributed by atoms with Crippen LogP contribution in [0.4, 0.5) is 0 Å². The molecule has 7 heteroatoms. The molecule has 2 aromatic heterocycles. The van der Waals surface area contributed by atoms with Crippen LogP contribution in [-0.4, -0.2) is 30.2 Å². The van der Waals surface area contributed by atoms with Gasteiger partial charge in [-0.3, -0.25) is 4.79 Å². The van der Waals surface area contributed by atoms with Crippen LogP contribution >= 0.6 is 58.8 Å². The molecule has 2 nitrogen and oxygen atoms in total. The van der Waals surface area contributed by atoms with Gasteiger partial charge < -0.3 is 5.32 Å². The third-order valence-corrected chi connectivity index (χ3v) is 8.63. The lowest BCUT2D eigenvalue weighted by molar-refractivity contribution is -0.121. The summed E-state index contributed by atoms with van der Waals surface area (Å²) in [5.41, 5.74) is 0. The molecule has 0 atom stereocenters. The zero-order valence-corrected chi connectivity index (χ0v) is 18.6. The largest absolute Gasteiger partial charge is 0.356 e. The van der Waals surface area contributed by atoms with Gasteiger partial charge in [0.25, 0.3) is 0 Å². The van der Waals surface area contributed by atoms with Crippen LogP contribution in [0.25, 0.3) is 9.75 Å². The van der Waals surface area contributed by atoms with Crippen molar-refractivity contribution in [2.75, 3.05) is 24.3 Å². The third-order valence-electron chi connectivity index (χ3n) is 3.56. The zero-order valence-electron chi connectivity index (χ0n) is 14.5. The molecule has 0 aromatic carbocycles. The summed E-state index contributed by atoms with van der Waals surface area (Å²) in [6.07, 6.45) is 6.94. The number of amides is 1. The Bertz CT molecular complexity index is 637. The maximum atomic E-state index is 11.7. The average molecular weight is 432 g/mol. The molecule has 0 unspecified atom stereocenters. The molecule has 2 rings (SSSR count). The Morgan fingerprint density at radius 1 is 1.04 bits per heavy atom. The van der Waals surface area contributed by atoms with E-state index in [9.17, 15) is 4.79 Å². The number of carbonyl (C=O) groups excluding carboxylic acids is 1. The van der Waals surface area contributed by atoms with Gasteiger partial charge in [-0.15, -0.1) is 46.2 Å². The van der Waals surface area contributed by atoms with Crippen LogP contribution in [0.2, 0.25) is 0 Å². The third kappa shape index (κ3) is 7.99. The molecule has 2 heterocycles. The molecule has 0 aliphatic heterocycles. The standard InChI is InChI=1S/C18H25NOS5/c1-22-17-9-7-14(24-17)15-8-10-18(25-15)23-13-5-11-19-16(20)6-3-2-4-12-21/h7-10,21H,2-6,11-13H2,1H3,(H,19,20). The molecule has 0 saturated carbocycles. The first-order valence-corrected chi connectivity index (χ1v) is 12.9. The predicted octanol–water partition coefficient (Wildman–Crippen LogP) is 6.29. The highest BCUT2D eigenvalue weighted by Gasteiger charge is 2.07. The predicted molar refractivity (Wildman–Crippen MR) is 120 cm³/mol. The monoisotopic (exact) mass is 431 g/mol. The van der Waals surface area contributed by atoms with Gasteiger partial charge in [0.2, 0.25) is 5.91 Å². The number of thioether (sulfide) groups is 2. The van der Waals surface area contributed by atoms with E-state index < -0.39 is 0 Å². The molecule has 1 N–H and O–H groups in total. The SMILES string of the molecule is CSc1ccc(-c2ccc(SCCCNC(=O)CCCCCS)s2)s1. The summed E-state index contributed by atoms with van der Waals surface area (Å²) in [5.74, 6) is 2.14. The van der Waals surface area contributed by atoms with E-state index in [1.54, 1.807) is 11.8 Å². The number of hydrogen-bond acceptors (Lipinski definition) is 6. The number of rotatable bonds is 12. The van der Waals surface area contributed by atoms with E-state index in [0.717, 1.165) is 43.7 Å². The minimum Gasteiger partial charge on any atom is -0.356 e. The van der Waals surface area contributed by atoms with E-state index >= 15 is 0 Å². The molecule has 0 saturated heterocycles. The highest BCUT2D eigenvalue weighted by molar-refractivity contribution is 8.01. The molecule has 0 radical (unpaired) electrons. The van der Waals surface area contributed by atoms with E-state index in [1.165, 1.54) is 18.2 Å². The minimum absolute atomic E-state index is 0.185. The Labute approximate surface area is 173 Å². The first-order valence-electron chi connectivity index (χ1n) is 8.47. The Hall–Kier alpha value is -0.0800. The van der Waals surface area contributed by atoms with Gasteiger partial charge in [-0.25, -0.2) is 0 Å². The van der Waals surface area contributed by atoms with Crippen molar-refractivity contribution < 1.29 is 4.79 Å². The topological polar surface area (TPSA) is 29.1 Å². The Morgan fingerprint density at radius 3 is 2.44 bits per heavy atom. The molecule has 25 heavy (non-hydrogen) atoms. The summed E-state index contributed by atoms with van der Waals surface area (Å²) < 4.78 is 2.71. The van der Waals surface area contributed by atoms with E-state index in [4.69, 9.17) is 0 Å². The number of thiophene rings is 2. The van der Waals surface area contributed by atoms with Crippen LogP contribution in [0.1, 0.15) is 32.1 Å². The number of nitrogens with one attached hydrogen (secondary N) is 1. The van der Waals surface area contributed by atoms with Gasteiger partial charge in [-0.2, -0.15) is 12.6 Å². The highest BCUT2D eigenvalue weighted by Crippen LogP contribution is 2.39. The van der Waals surface area contributed by atoms with Crippen LogP contribution in [-0.2, 0) is 4.79 Å². The van der Waals surface area contributed by atoms with Gasteiger partial charge in [0, 0.05) is 28.5 Å². The fourth-order valence-corrected chi connectivity index (χ4v) is 6.23. The van der Waals surface area contributed by atoms with Crippen molar-refractivity contribution in [2.45, 2.75) is 40.5 Å². The molecule has 2 aromatic rings. The molecule has 0 aliphatic rings. The van der Waals surface area contributed by atoms with E-state index in [2.05, 4.69) is 48.5 Å². The fraction of sp³-hybridized carbons (Fsp3) is 0.500. The molecule has 1 amide bonds. The maximum absolute atomic E-state index is 11.7. The van der Waals surface area contributed by atoms with E-state index in [0.29, 0.717) is 6.42 Å². The van der Waals surface area contributed by atoms with E-state index in [1.807, 2.05) is 34.4 Å². The van der Waals surface area contributed by atoms with Gasteiger partial charge in [-0.1, -0.05) is 6.42 Å². The van der Waals surface area contributed by atoms with Crippen molar-refractivity contribution >= 4 is 64.7 Å². The van der Waals surface area contributed by atoms with Gasteiger partial charge in [0.05, 0.1) is 8.42 Å². The van der Waals surface area contributed by atoms with Gasteiger partial charge in [0.15, 0.2) is 0 Å². The second kappa shape index (κ2) is 12.3. The number of carbonyl (C=O) groups is 1. The summed E-state index contributed by atoms with van der Waals surface area (Å²) in [6, 6.07) is 8.83. The van der Waals surface area contributed by atoms with Crippen molar-refractivity contribution in [2.24, 2.45) is 0 Å². The van der Waals surface area contributed by atoms with Crippen LogP contribution < -0.4 is 5.32 Å². The molecular weight excluding hydrogens is 407 g/mol. The molecule has 0 bridgehead atoms. The lowest BCUT2D eigenvalue weighted by atomic mass is 10.2. The van der Waals surface area contributed by atoms with Crippen LogP contribution in [0.5, 0.6) is 0 Å². The average Bonchev–Trinajstić information content (AvgIpc) is 3.27. The summed E-state index contributed by atoms with van der Waals surface area (Å²) in [6.45, 7) is 0.776.